The second kappa shape index (κ2) is 10.4. The molecule has 8 heteroatoms. The Bertz CT molecular complexity index is 1170. The zero-order valence-electron chi connectivity index (χ0n) is 16.3. The molecule has 0 amide bonds. The van der Waals surface area contributed by atoms with Gasteiger partial charge < -0.3 is 9.47 Å². The van der Waals surface area contributed by atoms with Gasteiger partial charge in [0, 0.05) is 15.7 Å². The zero-order valence-corrected chi connectivity index (χ0v) is 20.1. The Morgan fingerprint density at radius 2 is 1.87 bits per heavy atom. The largest absolute Gasteiger partial charge is 0.493 e. The van der Waals surface area contributed by atoms with Crippen molar-refractivity contribution in [3.63, 3.8) is 0 Å². The van der Waals surface area contributed by atoms with Gasteiger partial charge in [0.15, 0.2) is 11.5 Å². The van der Waals surface area contributed by atoms with Gasteiger partial charge in [0.05, 0.1) is 28.1 Å². The first-order valence-corrected chi connectivity index (χ1v) is 10.9. The lowest BCUT2D eigenvalue weighted by Crippen LogP contribution is -1.99. The lowest BCUT2D eigenvalue weighted by Gasteiger charge is -2.14. The number of rotatable bonds is 7. The van der Waals surface area contributed by atoms with Gasteiger partial charge in [0.1, 0.15) is 6.61 Å². The molecule has 0 N–H and O–H groups in total. The topological polar surface area (TPSA) is 85.4 Å². The number of ether oxygens (including phenoxy) is 2. The van der Waals surface area contributed by atoms with Crippen LogP contribution in [0.3, 0.4) is 0 Å². The van der Waals surface area contributed by atoms with Gasteiger partial charge in [-0.3, -0.25) is 10.1 Å². The van der Waals surface area contributed by atoms with E-state index >= 15 is 0 Å². The molecule has 0 aliphatic rings. The number of nitro groups is 1. The van der Waals surface area contributed by atoms with Crippen molar-refractivity contribution in [2.24, 2.45) is 0 Å². The number of non-ortho nitro benzene ring substituents is 1. The maximum atomic E-state index is 10.8. The number of nitriles is 1. The first-order chi connectivity index (χ1) is 14.9. The Morgan fingerprint density at radius 3 is 2.45 bits per heavy atom. The molecule has 3 aromatic rings. The monoisotopic (exact) mass is 590 g/mol. The van der Waals surface area contributed by atoms with Gasteiger partial charge in [-0.05, 0) is 97.7 Å². The molecule has 0 saturated carbocycles. The third-order valence-corrected chi connectivity index (χ3v) is 5.68. The van der Waals surface area contributed by atoms with Crippen LogP contribution in [0.1, 0.15) is 16.7 Å². The summed E-state index contributed by atoms with van der Waals surface area (Å²) in [5, 5.41) is 20.4. The SMILES string of the molecule is COc1cc(/C=C(/C#N)c2ccc(I)cc2)cc(Br)c1OCc1ccc([N+](=O)[O-])cc1. The highest BCUT2D eigenvalue weighted by Gasteiger charge is 2.13. The molecule has 3 aromatic carbocycles. The minimum atomic E-state index is -0.442. The number of allylic oxidation sites excluding steroid dienone is 1. The van der Waals surface area contributed by atoms with Crippen LogP contribution in [-0.4, -0.2) is 12.0 Å². The molecule has 0 fully saturated rings. The van der Waals surface area contributed by atoms with E-state index in [4.69, 9.17) is 9.47 Å². The van der Waals surface area contributed by atoms with Gasteiger partial charge in [0.25, 0.3) is 5.69 Å². The molecule has 0 spiro atoms. The van der Waals surface area contributed by atoms with E-state index in [1.54, 1.807) is 31.4 Å². The Kier molecular flexibility index (Phi) is 7.65. The Morgan fingerprint density at radius 1 is 1.19 bits per heavy atom. The van der Waals surface area contributed by atoms with Crippen LogP contribution in [-0.2, 0) is 6.61 Å². The highest BCUT2D eigenvalue weighted by Crippen LogP contribution is 2.38. The summed E-state index contributed by atoms with van der Waals surface area (Å²) in [5.74, 6) is 1.01. The molecular weight excluding hydrogens is 575 g/mol. The minimum absolute atomic E-state index is 0.0278. The molecule has 0 bridgehead atoms. The van der Waals surface area contributed by atoms with Gasteiger partial charge in [0.2, 0.25) is 0 Å². The van der Waals surface area contributed by atoms with Crippen molar-refractivity contribution in [3.8, 4) is 17.6 Å². The standard InChI is InChI=1S/C23H16BrIN2O4/c1-30-22-12-16(10-18(13-26)17-4-6-19(25)7-5-17)11-21(24)23(22)31-14-15-2-8-20(9-3-15)27(28)29/h2-12H,14H2,1H3/b18-10-. The number of nitrogens with zero attached hydrogens (tertiary/aromatic N) is 2. The van der Waals surface area contributed by atoms with Crippen molar-refractivity contribution in [1.29, 1.82) is 5.26 Å². The van der Waals surface area contributed by atoms with E-state index in [9.17, 15) is 15.4 Å². The van der Waals surface area contributed by atoms with Gasteiger partial charge >= 0.3 is 0 Å². The van der Waals surface area contributed by atoms with Crippen molar-refractivity contribution in [1.82, 2.24) is 0 Å². The second-order valence-corrected chi connectivity index (χ2v) is 8.52. The van der Waals surface area contributed by atoms with Crippen molar-refractivity contribution in [2.45, 2.75) is 6.61 Å². The summed E-state index contributed by atoms with van der Waals surface area (Å²) in [7, 11) is 1.54. The molecule has 3 rings (SSSR count). The van der Waals surface area contributed by atoms with Gasteiger partial charge in [-0.25, -0.2) is 0 Å². The molecule has 156 valence electrons. The molecule has 0 saturated heterocycles. The molecule has 0 aromatic heterocycles. The molecule has 0 aliphatic carbocycles. The summed E-state index contributed by atoms with van der Waals surface area (Å²) in [4.78, 5) is 10.3. The van der Waals surface area contributed by atoms with E-state index in [0.29, 0.717) is 21.5 Å². The van der Waals surface area contributed by atoms with Gasteiger partial charge in [-0.1, -0.05) is 12.1 Å². The van der Waals surface area contributed by atoms with Crippen LogP contribution >= 0.6 is 38.5 Å². The van der Waals surface area contributed by atoms with E-state index in [-0.39, 0.29) is 12.3 Å². The van der Waals surface area contributed by atoms with E-state index in [0.717, 1.165) is 20.3 Å². The molecular formula is C23H16BrIN2O4. The Balaban J connectivity index is 1.84. The average molecular weight is 591 g/mol. The lowest BCUT2D eigenvalue weighted by molar-refractivity contribution is -0.384. The molecule has 0 heterocycles. The van der Waals surface area contributed by atoms with Crippen LogP contribution in [0.25, 0.3) is 11.6 Å². The average Bonchev–Trinajstić information content (AvgIpc) is 2.77. The van der Waals surface area contributed by atoms with Crippen LogP contribution < -0.4 is 9.47 Å². The number of hydrogen-bond donors (Lipinski definition) is 0. The number of benzene rings is 3. The summed E-state index contributed by atoms with van der Waals surface area (Å²) in [5.41, 5.74) is 2.96. The van der Waals surface area contributed by atoms with E-state index in [2.05, 4.69) is 44.6 Å². The predicted octanol–water partition coefficient (Wildman–Crippen LogP) is 6.61. The summed E-state index contributed by atoms with van der Waals surface area (Å²) in [6.45, 7) is 0.217. The fourth-order valence-corrected chi connectivity index (χ4v) is 3.74. The Hall–Kier alpha value is -2.90. The van der Waals surface area contributed by atoms with Crippen molar-refractivity contribution in [2.75, 3.05) is 7.11 Å². The smallest absolute Gasteiger partial charge is 0.269 e. The highest BCUT2D eigenvalue weighted by molar-refractivity contribution is 14.1. The Labute approximate surface area is 201 Å². The lowest BCUT2D eigenvalue weighted by atomic mass is 10.0. The second-order valence-electron chi connectivity index (χ2n) is 6.42. The van der Waals surface area contributed by atoms with E-state index in [1.165, 1.54) is 12.1 Å². The fraction of sp³-hybridized carbons (Fsp3) is 0.0870. The predicted molar refractivity (Wildman–Crippen MR) is 131 cm³/mol. The molecule has 0 radical (unpaired) electrons. The van der Waals surface area contributed by atoms with Crippen molar-refractivity contribution in [3.05, 3.63) is 95.5 Å². The third-order valence-electron chi connectivity index (χ3n) is 4.37. The van der Waals surface area contributed by atoms with Gasteiger partial charge in [-0.2, -0.15) is 5.26 Å². The van der Waals surface area contributed by atoms with Crippen LogP contribution in [0.2, 0.25) is 0 Å². The quantitative estimate of drug-likeness (QED) is 0.102. The molecule has 0 atom stereocenters. The molecule has 0 aliphatic heterocycles. The van der Waals surface area contributed by atoms with Gasteiger partial charge in [-0.15, -0.1) is 0 Å². The highest BCUT2D eigenvalue weighted by atomic mass is 127. The molecule has 0 unspecified atom stereocenters. The first kappa shape index (κ1) is 22.8. The number of methoxy groups -OCH3 is 1. The number of hydrogen-bond acceptors (Lipinski definition) is 5. The third kappa shape index (κ3) is 5.83. The number of nitro benzene ring substituents is 1. The maximum Gasteiger partial charge on any atom is 0.269 e. The molecule has 6 nitrogen and oxygen atoms in total. The summed E-state index contributed by atoms with van der Waals surface area (Å²) < 4.78 is 13.1. The molecule has 31 heavy (non-hydrogen) atoms. The summed E-state index contributed by atoms with van der Waals surface area (Å²) in [6.07, 6.45) is 1.79. The normalized spacial score (nSPS) is 11.0. The van der Waals surface area contributed by atoms with Crippen LogP contribution in [0.5, 0.6) is 11.5 Å². The minimum Gasteiger partial charge on any atom is -0.493 e. The van der Waals surface area contributed by atoms with Crippen molar-refractivity contribution < 1.29 is 14.4 Å². The van der Waals surface area contributed by atoms with E-state index < -0.39 is 4.92 Å². The summed E-state index contributed by atoms with van der Waals surface area (Å²) in [6, 6.07) is 19.8. The van der Waals surface area contributed by atoms with Crippen LogP contribution in [0, 0.1) is 25.0 Å². The first-order valence-electron chi connectivity index (χ1n) is 9.02. The van der Waals surface area contributed by atoms with Crippen LogP contribution in [0.4, 0.5) is 5.69 Å². The van der Waals surface area contributed by atoms with Crippen molar-refractivity contribution >= 4 is 55.9 Å². The summed E-state index contributed by atoms with van der Waals surface area (Å²) >= 11 is 5.73. The zero-order chi connectivity index (χ0) is 22.4. The fourth-order valence-electron chi connectivity index (χ4n) is 2.81. The maximum absolute atomic E-state index is 10.8. The van der Waals surface area contributed by atoms with Crippen LogP contribution in [0.15, 0.2) is 65.1 Å². The number of halogens is 2. The van der Waals surface area contributed by atoms with E-state index in [1.807, 2.05) is 30.3 Å².